The zero-order valence-corrected chi connectivity index (χ0v) is 4.87. The summed E-state index contributed by atoms with van der Waals surface area (Å²) in [6.07, 6.45) is 6.57. The lowest BCUT2D eigenvalue weighted by Gasteiger charge is -1.79. The lowest BCUT2D eigenvalue weighted by molar-refractivity contribution is 0.337. The van der Waals surface area contributed by atoms with Crippen molar-refractivity contribution in [3.63, 3.8) is 0 Å². The van der Waals surface area contributed by atoms with Gasteiger partial charge in [0.05, 0.1) is 20.0 Å². The van der Waals surface area contributed by atoms with Crippen molar-refractivity contribution in [1.82, 2.24) is 0 Å². The van der Waals surface area contributed by atoms with Crippen LogP contribution >= 0.6 is 0 Å². The van der Waals surface area contributed by atoms with E-state index < -0.39 is 0 Å². The fourth-order valence-electron chi connectivity index (χ4n) is 0.263. The molecule has 0 saturated carbocycles. The maximum Gasteiger partial charge on any atom is 0.0824 e. The van der Waals surface area contributed by atoms with E-state index in [2.05, 4.69) is 4.74 Å². The summed E-state index contributed by atoms with van der Waals surface area (Å²) < 4.78 is 4.57. The molecular formula is C6H10O2. The Kier molecular flexibility index (Phi) is 5.65. The minimum absolute atomic E-state index is 0.0774. The van der Waals surface area contributed by atoms with Crippen molar-refractivity contribution in [2.45, 2.75) is 0 Å². The van der Waals surface area contributed by atoms with Gasteiger partial charge >= 0.3 is 0 Å². The van der Waals surface area contributed by atoms with Crippen molar-refractivity contribution in [3.05, 3.63) is 24.5 Å². The van der Waals surface area contributed by atoms with Crippen LogP contribution in [0.1, 0.15) is 0 Å². The SMILES string of the molecule is CO/C=C/C=C\CO. The first-order valence-electron chi connectivity index (χ1n) is 2.37. The molecule has 0 aliphatic carbocycles. The van der Waals surface area contributed by atoms with E-state index in [4.69, 9.17) is 5.11 Å². The highest BCUT2D eigenvalue weighted by Gasteiger charge is 1.61. The summed E-state index contributed by atoms with van der Waals surface area (Å²) in [4.78, 5) is 0. The highest BCUT2D eigenvalue weighted by molar-refractivity contribution is 4.99. The van der Waals surface area contributed by atoms with Crippen molar-refractivity contribution in [3.8, 4) is 0 Å². The molecule has 1 N–H and O–H groups in total. The number of aliphatic hydroxyl groups excluding tert-OH is 1. The molecule has 46 valence electrons. The first kappa shape index (κ1) is 7.24. The largest absolute Gasteiger partial charge is 0.504 e. The van der Waals surface area contributed by atoms with Gasteiger partial charge < -0.3 is 9.84 Å². The number of hydrogen-bond acceptors (Lipinski definition) is 2. The Morgan fingerprint density at radius 2 is 2.25 bits per heavy atom. The van der Waals surface area contributed by atoms with Crippen LogP contribution in [0.25, 0.3) is 0 Å². The second-order valence-electron chi connectivity index (χ2n) is 1.17. The van der Waals surface area contributed by atoms with E-state index in [0.717, 1.165) is 0 Å². The summed E-state index contributed by atoms with van der Waals surface area (Å²) in [7, 11) is 1.57. The molecule has 0 unspecified atom stereocenters. The van der Waals surface area contributed by atoms with E-state index in [0.29, 0.717) is 0 Å². The predicted molar refractivity (Wildman–Crippen MR) is 32.4 cm³/mol. The molecule has 0 aromatic heterocycles. The van der Waals surface area contributed by atoms with Crippen molar-refractivity contribution >= 4 is 0 Å². The maximum absolute atomic E-state index is 8.20. The zero-order valence-electron chi connectivity index (χ0n) is 4.87. The molecule has 0 heterocycles. The Balaban J connectivity index is 3.13. The quantitative estimate of drug-likeness (QED) is 0.432. The molecule has 0 fully saturated rings. The number of methoxy groups -OCH3 is 1. The third-order valence-electron chi connectivity index (χ3n) is 0.567. The number of aliphatic hydroxyl groups is 1. The van der Waals surface area contributed by atoms with Crippen LogP contribution in [0.5, 0.6) is 0 Å². The van der Waals surface area contributed by atoms with E-state index in [9.17, 15) is 0 Å². The van der Waals surface area contributed by atoms with Crippen molar-refractivity contribution in [2.24, 2.45) is 0 Å². The molecule has 0 aromatic rings. The van der Waals surface area contributed by atoms with Gasteiger partial charge in [0.1, 0.15) is 0 Å². The maximum atomic E-state index is 8.20. The van der Waals surface area contributed by atoms with Gasteiger partial charge in [-0.1, -0.05) is 12.2 Å². The summed E-state index contributed by atoms with van der Waals surface area (Å²) in [5.41, 5.74) is 0. The fraction of sp³-hybridized carbons (Fsp3) is 0.333. The van der Waals surface area contributed by atoms with E-state index in [1.54, 1.807) is 25.3 Å². The molecule has 0 bridgehead atoms. The van der Waals surface area contributed by atoms with Gasteiger partial charge in [-0.3, -0.25) is 0 Å². The monoisotopic (exact) mass is 114 g/mol. The zero-order chi connectivity index (χ0) is 6.24. The summed E-state index contributed by atoms with van der Waals surface area (Å²) in [5, 5.41) is 8.20. The highest BCUT2D eigenvalue weighted by atomic mass is 16.5. The van der Waals surface area contributed by atoms with Crippen LogP contribution in [-0.2, 0) is 4.74 Å². The molecule has 0 amide bonds. The second kappa shape index (κ2) is 6.24. The number of allylic oxidation sites excluding steroid dienone is 2. The van der Waals surface area contributed by atoms with Crippen LogP contribution in [0.2, 0.25) is 0 Å². The summed E-state index contributed by atoms with van der Waals surface area (Å²) >= 11 is 0. The van der Waals surface area contributed by atoms with Crippen LogP contribution in [0.4, 0.5) is 0 Å². The Bertz CT molecular complexity index is 72.5. The molecule has 0 atom stereocenters. The Labute approximate surface area is 49.1 Å². The van der Waals surface area contributed by atoms with Gasteiger partial charge in [0.25, 0.3) is 0 Å². The van der Waals surface area contributed by atoms with Gasteiger partial charge in [0.2, 0.25) is 0 Å². The second-order valence-corrected chi connectivity index (χ2v) is 1.17. The fourth-order valence-corrected chi connectivity index (χ4v) is 0.263. The van der Waals surface area contributed by atoms with Gasteiger partial charge in [0.15, 0.2) is 0 Å². The van der Waals surface area contributed by atoms with Crippen LogP contribution in [-0.4, -0.2) is 18.8 Å². The Hall–Kier alpha value is -0.760. The van der Waals surface area contributed by atoms with E-state index in [-0.39, 0.29) is 6.61 Å². The molecule has 0 aliphatic rings. The Morgan fingerprint density at radius 3 is 2.75 bits per heavy atom. The molecule has 8 heavy (non-hydrogen) atoms. The van der Waals surface area contributed by atoms with Crippen molar-refractivity contribution in [2.75, 3.05) is 13.7 Å². The van der Waals surface area contributed by atoms with Crippen LogP contribution in [0, 0.1) is 0 Å². The smallest absolute Gasteiger partial charge is 0.0824 e. The number of ether oxygens (including phenoxy) is 1. The minimum Gasteiger partial charge on any atom is -0.504 e. The normalized spacial score (nSPS) is 11.2. The number of hydrogen-bond donors (Lipinski definition) is 1. The van der Waals surface area contributed by atoms with E-state index >= 15 is 0 Å². The summed E-state index contributed by atoms with van der Waals surface area (Å²) in [6, 6.07) is 0. The molecule has 2 nitrogen and oxygen atoms in total. The van der Waals surface area contributed by atoms with Gasteiger partial charge in [-0.2, -0.15) is 0 Å². The standard InChI is InChI=1S/C6H10O2/c1-8-6-4-2-3-5-7/h2-4,6-7H,5H2,1H3/b3-2-,6-4+. The number of rotatable bonds is 3. The van der Waals surface area contributed by atoms with Gasteiger partial charge in [-0.15, -0.1) is 0 Å². The topological polar surface area (TPSA) is 29.5 Å². The first-order valence-corrected chi connectivity index (χ1v) is 2.37. The molecule has 0 aromatic carbocycles. The highest BCUT2D eigenvalue weighted by Crippen LogP contribution is 1.75. The van der Waals surface area contributed by atoms with Crippen LogP contribution < -0.4 is 0 Å². The van der Waals surface area contributed by atoms with Crippen molar-refractivity contribution < 1.29 is 9.84 Å². The van der Waals surface area contributed by atoms with Gasteiger partial charge in [-0.05, 0) is 6.08 Å². The molecular weight excluding hydrogens is 104 g/mol. The predicted octanol–water partition coefficient (Wildman–Crippen LogP) is 0.695. The molecule has 0 spiro atoms. The summed E-state index contributed by atoms with van der Waals surface area (Å²) in [5.74, 6) is 0. The van der Waals surface area contributed by atoms with Crippen molar-refractivity contribution in [1.29, 1.82) is 0 Å². The van der Waals surface area contributed by atoms with Crippen LogP contribution in [0.15, 0.2) is 24.5 Å². The molecule has 0 aliphatic heterocycles. The Morgan fingerprint density at radius 1 is 1.50 bits per heavy atom. The van der Waals surface area contributed by atoms with E-state index in [1.165, 1.54) is 6.26 Å². The van der Waals surface area contributed by atoms with E-state index in [1.807, 2.05) is 0 Å². The van der Waals surface area contributed by atoms with Gasteiger partial charge in [-0.25, -0.2) is 0 Å². The average molecular weight is 114 g/mol. The molecule has 0 rings (SSSR count). The lowest BCUT2D eigenvalue weighted by atomic mass is 10.5. The average Bonchev–Trinajstić information content (AvgIpc) is 1.81. The minimum atomic E-state index is 0.0774. The van der Waals surface area contributed by atoms with Gasteiger partial charge in [0, 0.05) is 0 Å². The third-order valence-corrected chi connectivity index (χ3v) is 0.567. The lowest BCUT2D eigenvalue weighted by Crippen LogP contribution is -1.68. The van der Waals surface area contributed by atoms with Crippen LogP contribution in [0.3, 0.4) is 0 Å². The summed E-state index contributed by atoms with van der Waals surface area (Å²) in [6.45, 7) is 0.0774. The third kappa shape index (κ3) is 5.24. The first-order chi connectivity index (χ1) is 3.91. The molecule has 2 heteroatoms. The molecule has 0 radical (unpaired) electrons. The molecule has 0 saturated heterocycles.